The fraction of sp³-hybridized carbons (Fsp3) is 0.231. The van der Waals surface area contributed by atoms with Crippen LogP contribution in [0.1, 0.15) is 110 Å². The first-order valence-corrected chi connectivity index (χ1v) is 25.9. The highest BCUT2D eigenvalue weighted by Crippen LogP contribution is 2.29. The first-order chi connectivity index (χ1) is 40.4. The smallest absolute Gasteiger partial charge is 0.335 e. The van der Waals surface area contributed by atoms with Gasteiger partial charge in [-0.1, -0.05) is 58.4 Å². The van der Waals surface area contributed by atoms with E-state index in [1.165, 1.54) is 80.9 Å². The van der Waals surface area contributed by atoms with E-state index in [2.05, 4.69) is 26.3 Å². The number of carboxylic acid groups (broad SMARTS) is 6. The average molecular weight is 1180 g/mol. The lowest BCUT2D eigenvalue weighted by atomic mass is 10.2. The Morgan fingerprint density at radius 2 is 0.682 bits per heavy atom. The second-order valence-electron chi connectivity index (χ2n) is 17.7. The van der Waals surface area contributed by atoms with Crippen molar-refractivity contribution >= 4 is 35.8 Å². The van der Waals surface area contributed by atoms with Gasteiger partial charge in [0.1, 0.15) is 49.4 Å². The molecule has 0 unspecified atom stereocenters. The Morgan fingerprint density at radius 3 is 1.02 bits per heavy atom. The van der Waals surface area contributed by atoms with Crippen LogP contribution in [0.2, 0.25) is 0 Å². The van der Waals surface area contributed by atoms with E-state index in [0.717, 1.165) is 29.6 Å². The van der Waals surface area contributed by atoms with Crippen LogP contribution < -0.4 is 37.9 Å². The third-order valence-electron chi connectivity index (χ3n) is 9.93. The molecule has 0 saturated heterocycles. The maximum atomic E-state index is 10.8. The van der Waals surface area contributed by atoms with Gasteiger partial charge in [0.05, 0.1) is 60.8 Å². The third-order valence-corrected chi connectivity index (χ3v) is 9.93. The Hall–Kier alpha value is -10.5. The van der Waals surface area contributed by atoms with Gasteiger partial charge in [-0.3, -0.25) is 0 Å². The van der Waals surface area contributed by atoms with E-state index < -0.39 is 35.8 Å². The van der Waals surface area contributed by atoms with Gasteiger partial charge >= 0.3 is 35.8 Å². The van der Waals surface area contributed by atoms with Crippen molar-refractivity contribution in [1.29, 1.82) is 0 Å². The van der Waals surface area contributed by atoms with E-state index >= 15 is 0 Å². The number of hydrogen-bond acceptors (Lipinski definition) is 14. The van der Waals surface area contributed by atoms with Gasteiger partial charge in [0, 0.05) is 0 Å². The van der Waals surface area contributed by atoms with Gasteiger partial charge in [0.15, 0.2) is 23.0 Å². The lowest BCUT2D eigenvalue weighted by molar-refractivity contribution is 0.0685. The summed E-state index contributed by atoms with van der Waals surface area (Å²) in [6, 6.07) is 34.5. The first-order valence-electron chi connectivity index (χ1n) is 25.9. The molecule has 0 spiro atoms. The zero-order chi connectivity index (χ0) is 63.9. The van der Waals surface area contributed by atoms with Gasteiger partial charge in [-0.15, -0.1) is 0 Å². The van der Waals surface area contributed by atoms with Crippen LogP contribution in [0.3, 0.4) is 0 Å². The fourth-order valence-electron chi connectivity index (χ4n) is 5.87. The molecule has 0 fully saturated rings. The van der Waals surface area contributed by atoms with Crippen LogP contribution in [0.15, 0.2) is 183 Å². The molecule has 0 radical (unpaired) electrons. The van der Waals surface area contributed by atoms with Crippen LogP contribution in [-0.2, 0) is 0 Å². The molecule has 85 heavy (non-hydrogen) atoms. The molecule has 6 N–H and O–H groups in total. The number of aromatic carboxylic acids is 6. The van der Waals surface area contributed by atoms with Crippen molar-refractivity contribution in [3.63, 3.8) is 0 Å². The topological polar surface area (TPSA) is 298 Å². The summed E-state index contributed by atoms with van der Waals surface area (Å²) in [5.41, 5.74) is 4.02. The monoisotopic (exact) mass is 1170 g/mol. The first kappa shape index (κ1) is 72.5. The zero-order valence-electron chi connectivity index (χ0n) is 48.7. The number of carbonyl (C=O) groups is 6. The molecule has 0 atom stereocenters. The number of ether oxygens (including phenoxy) is 8. The normalized spacial score (nSPS) is 9.54. The molecule has 0 aromatic heterocycles. The number of rotatable bonds is 26. The van der Waals surface area contributed by atoms with Crippen LogP contribution in [0.25, 0.3) is 0 Å². The van der Waals surface area contributed by atoms with Gasteiger partial charge in [0.25, 0.3) is 0 Å². The molecule has 20 nitrogen and oxygen atoms in total. The molecule has 0 aliphatic rings. The Balaban J connectivity index is 0.000000511. The van der Waals surface area contributed by atoms with E-state index in [4.69, 9.17) is 68.5 Å². The molecular formula is C65H74O20. The van der Waals surface area contributed by atoms with Gasteiger partial charge in [0.2, 0.25) is 0 Å². The van der Waals surface area contributed by atoms with Gasteiger partial charge in [-0.2, -0.15) is 0 Å². The Bertz CT molecular complexity index is 3130. The number of benzene rings is 6. The summed E-state index contributed by atoms with van der Waals surface area (Å²) >= 11 is 0. The number of methoxy groups -OCH3 is 2. The van der Waals surface area contributed by atoms with Crippen molar-refractivity contribution < 1.29 is 97.3 Å². The molecule has 6 aromatic carbocycles. The fourth-order valence-corrected chi connectivity index (χ4v) is 5.87. The van der Waals surface area contributed by atoms with Crippen molar-refractivity contribution in [2.75, 3.05) is 53.9 Å². The molecular weight excluding hydrogens is 1100 g/mol. The molecule has 20 heteroatoms. The number of hydrogen-bond donors (Lipinski definition) is 6. The lowest BCUT2D eigenvalue weighted by Gasteiger charge is -2.11. The quantitative estimate of drug-likeness (QED) is 0.0275. The number of carboxylic acids is 6. The Labute approximate surface area is 494 Å². The van der Waals surface area contributed by atoms with E-state index in [1.54, 1.807) is 72.8 Å². The van der Waals surface area contributed by atoms with Crippen LogP contribution in [0, 0.1) is 0 Å². The van der Waals surface area contributed by atoms with Gasteiger partial charge < -0.3 is 68.5 Å². The van der Waals surface area contributed by atoms with Crippen molar-refractivity contribution in [3.05, 3.63) is 216 Å². The lowest BCUT2D eigenvalue weighted by Crippen LogP contribution is -2.02. The average Bonchev–Trinajstić information content (AvgIpc) is 3.65. The molecule has 0 bridgehead atoms. The van der Waals surface area contributed by atoms with E-state index in [9.17, 15) is 28.8 Å². The van der Waals surface area contributed by atoms with Crippen molar-refractivity contribution in [1.82, 2.24) is 0 Å². The summed E-state index contributed by atoms with van der Waals surface area (Å²) in [7, 11) is 3.00. The largest absolute Gasteiger partial charge is 0.494 e. The predicted molar refractivity (Wildman–Crippen MR) is 322 cm³/mol. The summed E-state index contributed by atoms with van der Waals surface area (Å²) in [5.74, 6) is -1.38. The van der Waals surface area contributed by atoms with Crippen LogP contribution in [-0.4, -0.2) is 120 Å². The summed E-state index contributed by atoms with van der Waals surface area (Å²) in [4.78, 5) is 63.7. The SMILES string of the molecule is C=C(C)COc1cc(C(=O)O)ccc1OC.C=C(C)COc1ccc(C(=O)O)cc1.C=C(C)COc1cccc(C(=O)O)c1.C=CCOc1cc(C(=O)O)ccc1OC.CCCOc1ccc(C(=O)O)cc1.CCCOc1cccc(C(=O)O)c1. The summed E-state index contributed by atoms with van der Waals surface area (Å²) in [6.45, 7) is 26.9. The molecule has 454 valence electrons. The highest BCUT2D eigenvalue weighted by molar-refractivity contribution is 5.90. The minimum Gasteiger partial charge on any atom is -0.494 e. The van der Waals surface area contributed by atoms with Gasteiger partial charge in [-0.25, -0.2) is 28.8 Å². The molecule has 0 aliphatic heterocycles. The molecule has 0 saturated carbocycles. The molecule has 0 heterocycles. The van der Waals surface area contributed by atoms with Crippen molar-refractivity contribution in [3.8, 4) is 46.0 Å². The Kier molecular flexibility index (Phi) is 34.7. The van der Waals surface area contributed by atoms with Crippen LogP contribution >= 0.6 is 0 Å². The maximum absolute atomic E-state index is 10.8. The van der Waals surface area contributed by atoms with Crippen LogP contribution in [0.5, 0.6) is 46.0 Å². The second kappa shape index (κ2) is 40.6. The van der Waals surface area contributed by atoms with E-state index in [0.29, 0.717) is 85.6 Å². The Morgan fingerprint density at radius 1 is 0.376 bits per heavy atom. The highest BCUT2D eigenvalue weighted by Gasteiger charge is 2.12. The summed E-state index contributed by atoms with van der Waals surface area (Å²) < 4.78 is 41.9. The molecule has 6 rings (SSSR count). The second-order valence-corrected chi connectivity index (χ2v) is 17.7. The van der Waals surface area contributed by atoms with Crippen molar-refractivity contribution in [2.45, 2.75) is 47.5 Å². The highest BCUT2D eigenvalue weighted by atomic mass is 16.5. The molecule has 6 aromatic rings. The third kappa shape index (κ3) is 30.8. The summed E-state index contributed by atoms with van der Waals surface area (Å²) in [6.07, 6.45) is 3.44. The minimum absolute atomic E-state index is 0.162. The molecule has 0 amide bonds. The summed E-state index contributed by atoms with van der Waals surface area (Å²) in [5, 5.41) is 52.3. The minimum atomic E-state index is -0.999. The molecule has 0 aliphatic carbocycles. The maximum Gasteiger partial charge on any atom is 0.335 e. The van der Waals surface area contributed by atoms with Gasteiger partial charge in [-0.05, 0) is 172 Å². The van der Waals surface area contributed by atoms with E-state index in [-0.39, 0.29) is 33.4 Å². The zero-order valence-corrected chi connectivity index (χ0v) is 48.7. The predicted octanol–water partition coefficient (Wildman–Crippen LogP) is 13.3. The van der Waals surface area contributed by atoms with Crippen LogP contribution in [0.4, 0.5) is 0 Å². The van der Waals surface area contributed by atoms with E-state index in [1.807, 2.05) is 34.6 Å². The standard InChI is InChI=1S/C12H14O4.C11H12O4.2C11H12O3.2C10H12O3/c1-8(2)7-16-11-6-9(12(13)14)4-5-10(11)15-3;1-3-6-15-10-7-8(11(12)13)4-5-9(10)14-2;1-8(2)7-14-10-5-3-9(4-6-10)11(12)13;1-8(2)7-14-10-5-3-4-9(6-10)11(12)13;1-2-7-13-9-5-3-8(4-6-9)10(11)12;1-2-6-13-9-5-3-4-8(7-9)10(11)12/h4-6H,1,7H2,2-3H3,(H,13,14);3-5,7H,1,6H2,2H3,(H,12,13);2*3-6H,1,7H2,2H3,(H,12,13);3-6H,2,7H2,1H3,(H,11,12);3-5,7H,2,6H2,1H3,(H,11,12). The van der Waals surface area contributed by atoms with Crippen molar-refractivity contribution in [2.24, 2.45) is 0 Å².